The average molecular weight is 423 g/mol. The molecule has 6 heteroatoms. The van der Waals surface area contributed by atoms with Gasteiger partial charge in [0.1, 0.15) is 0 Å². The molecule has 1 aliphatic heterocycles. The maximum Gasteiger partial charge on any atom is 0.255 e. The highest BCUT2D eigenvalue weighted by atomic mass is 127. The molecule has 1 aliphatic rings. The van der Waals surface area contributed by atoms with E-state index in [2.05, 4.69) is 46.4 Å². The van der Waals surface area contributed by atoms with Crippen molar-refractivity contribution in [1.82, 2.24) is 10.2 Å². The summed E-state index contributed by atoms with van der Waals surface area (Å²) in [6.07, 6.45) is -1.35. The van der Waals surface area contributed by atoms with Crippen LogP contribution in [0, 0.1) is 5.92 Å². The molecule has 1 heterocycles. The summed E-state index contributed by atoms with van der Waals surface area (Å²) in [6, 6.07) is 10.5. The van der Waals surface area contributed by atoms with Gasteiger partial charge >= 0.3 is 0 Å². The third kappa shape index (κ3) is 5.07. The molecule has 0 aliphatic carbocycles. The Morgan fingerprint density at radius 3 is 2.59 bits per heavy atom. The van der Waals surface area contributed by atoms with Crippen molar-refractivity contribution >= 4 is 29.9 Å². The highest BCUT2D eigenvalue weighted by molar-refractivity contribution is 14.0. The van der Waals surface area contributed by atoms with Crippen molar-refractivity contribution in [3.05, 3.63) is 35.9 Å². The van der Waals surface area contributed by atoms with E-state index in [4.69, 9.17) is 0 Å². The number of halogens is 3. The molecule has 3 nitrogen and oxygen atoms in total. The van der Waals surface area contributed by atoms with Crippen LogP contribution < -0.4 is 5.32 Å². The molecular formula is C16H24F2IN3. The van der Waals surface area contributed by atoms with Gasteiger partial charge in [0.2, 0.25) is 0 Å². The van der Waals surface area contributed by atoms with Crippen LogP contribution in [0.25, 0.3) is 0 Å². The molecule has 2 unspecified atom stereocenters. The summed E-state index contributed by atoms with van der Waals surface area (Å²) in [6.45, 7) is 3.54. The summed E-state index contributed by atoms with van der Waals surface area (Å²) in [7, 11) is 1.64. The van der Waals surface area contributed by atoms with Crippen molar-refractivity contribution in [2.75, 3.05) is 26.7 Å². The summed E-state index contributed by atoms with van der Waals surface area (Å²) in [5.74, 6) is 1.57. The van der Waals surface area contributed by atoms with Gasteiger partial charge in [0.05, 0.1) is 6.54 Å². The minimum absolute atomic E-state index is 0. The highest BCUT2D eigenvalue weighted by Crippen LogP contribution is 2.32. The van der Waals surface area contributed by atoms with E-state index in [9.17, 15) is 8.78 Å². The molecule has 1 fully saturated rings. The lowest BCUT2D eigenvalue weighted by Crippen LogP contribution is -2.48. The van der Waals surface area contributed by atoms with Gasteiger partial charge in [0, 0.05) is 20.1 Å². The Bertz CT molecular complexity index is 468. The maximum atomic E-state index is 12.3. The molecule has 0 amide bonds. The Morgan fingerprint density at radius 1 is 1.36 bits per heavy atom. The Hall–Kier alpha value is -0.920. The monoisotopic (exact) mass is 423 g/mol. The lowest BCUT2D eigenvalue weighted by Gasteiger charge is -2.38. The molecule has 2 rings (SSSR count). The second kappa shape index (κ2) is 9.27. The lowest BCUT2D eigenvalue weighted by atomic mass is 9.82. The van der Waals surface area contributed by atoms with Crippen LogP contribution in [0.5, 0.6) is 0 Å². The number of piperidine rings is 1. The van der Waals surface area contributed by atoms with Crippen LogP contribution in [-0.4, -0.2) is 44.0 Å². The molecule has 2 atom stereocenters. The molecule has 22 heavy (non-hydrogen) atoms. The number of benzene rings is 1. The van der Waals surface area contributed by atoms with E-state index in [1.165, 1.54) is 5.56 Å². The van der Waals surface area contributed by atoms with E-state index in [0.717, 1.165) is 19.5 Å². The smallest absolute Gasteiger partial charge is 0.255 e. The van der Waals surface area contributed by atoms with E-state index in [-0.39, 0.29) is 30.5 Å². The summed E-state index contributed by atoms with van der Waals surface area (Å²) in [5.41, 5.74) is 1.36. The molecule has 1 N–H and O–H groups in total. The van der Waals surface area contributed by atoms with E-state index < -0.39 is 6.43 Å². The van der Waals surface area contributed by atoms with Crippen LogP contribution in [0.1, 0.15) is 24.8 Å². The molecule has 0 aromatic heterocycles. The minimum atomic E-state index is -2.36. The Labute approximate surface area is 148 Å². The zero-order chi connectivity index (χ0) is 15.2. The van der Waals surface area contributed by atoms with Gasteiger partial charge in [-0.1, -0.05) is 37.3 Å². The van der Waals surface area contributed by atoms with Gasteiger partial charge in [0.25, 0.3) is 6.43 Å². The number of hydrogen-bond donors (Lipinski definition) is 1. The first-order valence-electron chi connectivity index (χ1n) is 7.40. The number of likely N-dealkylation sites (tertiary alicyclic amines) is 1. The number of rotatable bonds is 3. The number of aliphatic imine (C=N–C) groups is 1. The second-order valence-electron chi connectivity index (χ2n) is 5.55. The zero-order valence-electron chi connectivity index (χ0n) is 13.0. The number of guanidine groups is 1. The predicted molar refractivity (Wildman–Crippen MR) is 97.3 cm³/mol. The summed E-state index contributed by atoms with van der Waals surface area (Å²) < 4.78 is 24.6. The third-order valence-corrected chi connectivity index (χ3v) is 4.06. The SMILES string of the molecule is CN=C(NCC(F)F)N1CCC(c2ccccc2)C(C)C1.I. The van der Waals surface area contributed by atoms with E-state index in [0.29, 0.717) is 17.8 Å². The molecule has 0 radical (unpaired) electrons. The third-order valence-electron chi connectivity index (χ3n) is 4.06. The Kier molecular flexibility index (Phi) is 8.06. The fourth-order valence-corrected chi connectivity index (χ4v) is 3.03. The van der Waals surface area contributed by atoms with E-state index in [1.54, 1.807) is 7.05 Å². The van der Waals surface area contributed by atoms with Crippen molar-refractivity contribution < 1.29 is 8.78 Å². The normalized spacial score (nSPS) is 22.4. The molecule has 1 aromatic rings. The minimum Gasteiger partial charge on any atom is -0.351 e. The van der Waals surface area contributed by atoms with Crippen LogP contribution >= 0.6 is 24.0 Å². The number of alkyl halides is 2. The van der Waals surface area contributed by atoms with Crippen molar-refractivity contribution in [3.63, 3.8) is 0 Å². The van der Waals surface area contributed by atoms with Gasteiger partial charge in [-0.05, 0) is 23.8 Å². The average Bonchev–Trinajstić information content (AvgIpc) is 2.48. The van der Waals surface area contributed by atoms with Crippen molar-refractivity contribution in [2.45, 2.75) is 25.7 Å². The Morgan fingerprint density at radius 2 is 2.05 bits per heavy atom. The van der Waals surface area contributed by atoms with Crippen molar-refractivity contribution in [3.8, 4) is 0 Å². The lowest BCUT2D eigenvalue weighted by molar-refractivity contribution is 0.149. The molecule has 1 aromatic carbocycles. The topological polar surface area (TPSA) is 27.6 Å². The molecule has 0 saturated carbocycles. The molecule has 124 valence electrons. The fourth-order valence-electron chi connectivity index (χ4n) is 3.03. The van der Waals surface area contributed by atoms with Crippen LogP contribution in [0.2, 0.25) is 0 Å². The first kappa shape index (κ1) is 19.1. The van der Waals surface area contributed by atoms with Crippen molar-refractivity contribution in [1.29, 1.82) is 0 Å². The van der Waals surface area contributed by atoms with Crippen molar-refractivity contribution in [2.24, 2.45) is 10.9 Å². The van der Waals surface area contributed by atoms with Gasteiger partial charge in [-0.3, -0.25) is 4.99 Å². The Balaban J connectivity index is 0.00000242. The van der Waals surface area contributed by atoms with Gasteiger partial charge in [-0.2, -0.15) is 0 Å². The predicted octanol–water partition coefficient (Wildman–Crippen LogP) is 3.57. The standard InChI is InChI=1S/C16H23F2N3.HI/c1-12-11-21(16(19-2)20-10-15(17)18)9-8-14(12)13-6-4-3-5-7-13;/h3-7,12,14-15H,8-11H2,1-2H3,(H,19,20);1H. The number of hydrogen-bond acceptors (Lipinski definition) is 1. The number of nitrogens with zero attached hydrogens (tertiary/aromatic N) is 2. The molecule has 0 spiro atoms. The quantitative estimate of drug-likeness (QED) is 0.458. The first-order valence-corrected chi connectivity index (χ1v) is 7.40. The number of nitrogens with one attached hydrogen (secondary N) is 1. The summed E-state index contributed by atoms with van der Waals surface area (Å²) >= 11 is 0. The zero-order valence-corrected chi connectivity index (χ0v) is 15.3. The summed E-state index contributed by atoms with van der Waals surface area (Å²) in [4.78, 5) is 6.19. The van der Waals surface area contributed by atoms with Gasteiger partial charge in [-0.15, -0.1) is 24.0 Å². The van der Waals surface area contributed by atoms with E-state index in [1.807, 2.05) is 6.07 Å². The molecular weight excluding hydrogens is 399 g/mol. The largest absolute Gasteiger partial charge is 0.351 e. The van der Waals surface area contributed by atoms with Gasteiger partial charge in [0.15, 0.2) is 5.96 Å². The highest BCUT2D eigenvalue weighted by Gasteiger charge is 2.28. The molecule has 1 saturated heterocycles. The van der Waals surface area contributed by atoms with Crippen LogP contribution in [0.15, 0.2) is 35.3 Å². The second-order valence-corrected chi connectivity index (χ2v) is 5.55. The maximum absolute atomic E-state index is 12.3. The van der Waals surface area contributed by atoms with E-state index >= 15 is 0 Å². The first-order chi connectivity index (χ1) is 10.1. The fraction of sp³-hybridized carbons (Fsp3) is 0.562. The van der Waals surface area contributed by atoms with Crippen LogP contribution in [0.4, 0.5) is 8.78 Å². The van der Waals surface area contributed by atoms with Gasteiger partial charge in [-0.25, -0.2) is 8.78 Å². The molecule has 0 bridgehead atoms. The van der Waals surface area contributed by atoms with Crippen LogP contribution in [-0.2, 0) is 0 Å². The van der Waals surface area contributed by atoms with Gasteiger partial charge < -0.3 is 10.2 Å². The van der Waals surface area contributed by atoms with Crippen LogP contribution in [0.3, 0.4) is 0 Å². The summed E-state index contributed by atoms with van der Waals surface area (Å²) in [5, 5.41) is 2.74.